The molecule has 8 aliphatic rings. The molecule has 9 rings (SSSR count). The number of carbonyl (C=O) groups is 2. The van der Waals surface area contributed by atoms with Crippen molar-refractivity contribution in [2.45, 2.75) is 241 Å². The Kier molecular flexibility index (Phi) is 18.0. The summed E-state index contributed by atoms with van der Waals surface area (Å²) in [7, 11) is 6.27. The van der Waals surface area contributed by atoms with E-state index in [2.05, 4.69) is 13.0 Å². The molecule has 1 aromatic rings. The molecule has 25 atom stereocenters. The number of carbonyl (C=O) groups excluding carboxylic acids is 2. The lowest BCUT2D eigenvalue weighted by molar-refractivity contribution is -0.355. The Morgan fingerprint density at radius 1 is 0.662 bits per heavy atom. The number of esters is 1. The molecule has 4 N–H and O–H groups in total. The first-order valence-corrected chi connectivity index (χ1v) is 27.9. The molecule has 77 heavy (non-hydrogen) atoms. The second-order valence-corrected chi connectivity index (χ2v) is 23.6. The number of fused-ring (bicyclic) bond motifs is 5. The SMILES string of the molecule is CO[C@@H]1[C@@H](O)[C@H](O[C@H]2[C@@H](OC)C[C@H](O[C@H]3[C@@H](OC)C[C@H](O[C@H]4[C@@H](OC)C[C@H](O[C@H]5CC[C@@]6(C)C(=CC[C@]7(O)[C@@H]6C[C@@H](OC(=O)C=Cc6ccccc6)[C@]6(C)[C@H](C(C)=O)CC[C@@]67O)C5)O[C@@H]4C)O[C@@H]3C)O[C@@H]2C)O[C@H](C)[C@H]1O. The standard InChI is InChI=1S/C58H86O19/c1-30(59)38-21-24-58(64)56(38,7)43(74-44(60)18-17-35-15-13-12-14-16-35)29-42-55(6)22-20-37(25-36(55)19-23-57(42,58)63)73-45-26-39(65-8)50(32(3)69-45)75-46-27-40(66-9)51(33(4)70-46)76-47-28-41(67-10)52(34(5)71-47)77-54-49(62)53(68-11)48(61)31(2)72-54/h12-19,31-34,37-43,45-54,61-64H,20-29H2,1-11H3/t31-,32-,33-,34-,37+,38+,39+,40+,41+,42-,43-,45+,46+,47+,48-,49-,50-,51-,52-,53+,54+,55+,56+,57+,58-/m1/s1. The molecular formula is C58H86O19. The van der Waals surface area contributed by atoms with Crippen LogP contribution in [0.25, 0.3) is 6.08 Å². The largest absolute Gasteiger partial charge is 0.458 e. The molecule has 19 nitrogen and oxygen atoms in total. The van der Waals surface area contributed by atoms with Crippen LogP contribution in [0.5, 0.6) is 0 Å². The number of hydrogen-bond donors (Lipinski definition) is 4. The number of rotatable bonds is 16. The van der Waals surface area contributed by atoms with Crippen LogP contribution in [-0.4, -0.2) is 189 Å². The van der Waals surface area contributed by atoms with Crippen LogP contribution in [0.15, 0.2) is 48.1 Å². The van der Waals surface area contributed by atoms with E-state index in [1.807, 2.05) is 58.0 Å². The van der Waals surface area contributed by atoms with E-state index in [-0.39, 0.29) is 24.7 Å². The van der Waals surface area contributed by atoms with E-state index in [4.69, 9.17) is 61.6 Å². The zero-order chi connectivity index (χ0) is 55.4. The van der Waals surface area contributed by atoms with E-state index in [1.165, 1.54) is 20.1 Å². The van der Waals surface area contributed by atoms with Crippen LogP contribution >= 0.6 is 0 Å². The number of hydrogen-bond acceptors (Lipinski definition) is 19. The smallest absolute Gasteiger partial charge is 0.331 e. The number of ketones is 1. The van der Waals surface area contributed by atoms with Crippen LogP contribution < -0.4 is 0 Å². The average Bonchev–Trinajstić information content (AvgIpc) is 3.87. The monoisotopic (exact) mass is 1090 g/mol. The van der Waals surface area contributed by atoms with Gasteiger partial charge in [0.25, 0.3) is 0 Å². The van der Waals surface area contributed by atoms with E-state index >= 15 is 0 Å². The normalized spacial score (nSPS) is 48.1. The number of methoxy groups -OCH3 is 4. The van der Waals surface area contributed by atoms with Gasteiger partial charge in [-0.05, 0) is 96.6 Å². The highest BCUT2D eigenvalue weighted by atomic mass is 16.8. The van der Waals surface area contributed by atoms with Crippen molar-refractivity contribution in [2.24, 2.45) is 22.7 Å². The van der Waals surface area contributed by atoms with Crippen LogP contribution in [0, 0.1) is 22.7 Å². The summed E-state index contributed by atoms with van der Waals surface area (Å²) in [4.78, 5) is 26.9. The van der Waals surface area contributed by atoms with Crippen molar-refractivity contribution in [2.75, 3.05) is 28.4 Å². The Hall–Kier alpha value is -2.80. The molecule has 4 saturated heterocycles. The lowest BCUT2D eigenvalue weighted by atomic mass is 9.43. The Morgan fingerprint density at radius 2 is 1.22 bits per heavy atom. The lowest BCUT2D eigenvalue weighted by Gasteiger charge is -2.66. The average molecular weight is 1090 g/mol. The van der Waals surface area contributed by atoms with Gasteiger partial charge in [-0.2, -0.15) is 0 Å². The van der Waals surface area contributed by atoms with Crippen molar-refractivity contribution < 1.29 is 91.6 Å². The van der Waals surface area contributed by atoms with Crippen LogP contribution in [0.1, 0.15) is 118 Å². The van der Waals surface area contributed by atoms with Crippen LogP contribution in [-0.2, 0) is 71.2 Å². The highest BCUT2D eigenvalue weighted by molar-refractivity contribution is 5.87. The summed E-state index contributed by atoms with van der Waals surface area (Å²) in [6, 6.07) is 9.46. The van der Waals surface area contributed by atoms with E-state index < -0.39 is 150 Å². The Morgan fingerprint density at radius 3 is 1.77 bits per heavy atom. The highest BCUT2D eigenvalue weighted by Gasteiger charge is 2.77. The number of aliphatic hydroxyl groups is 4. The number of benzene rings is 1. The molecule has 19 heteroatoms. The fourth-order valence-corrected chi connectivity index (χ4v) is 15.1. The Labute approximate surface area is 453 Å². The van der Waals surface area contributed by atoms with Crippen molar-refractivity contribution in [3.05, 3.63) is 53.6 Å². The van der Waals surface area contributed by atoms with Crippen molar-refractivity contribution in [1.82, 2.24) is 0 Å². The Bertz CT molecular complexity index is 2250. The van der Waals surface area contributed by atoms with Crippen molar-refractivity contribution in [3.8, 4) is 0 Å². The molecule has 3 saturated carbocycles. The van der Waals surface area contributed by atoms with Gasteiger partial charge in [0.2, 0.25) is 0 Å². The van der Waals surface area contributed by atoms with Crippen molar-refractivity contribution in [1.29, 1.82) is 0 Å². The molecular weight excluding hydrogens is 1000 g/mol. The van der Waals surface area contributed by atoms with Gasteiger partial charge in [-0.1, -0.05) is 55.8 Å². The number of Topliss-reactive ketones (excluding diaryl/α,β-unsaturated/α-hetero) is 1. The van der Waals surface area contributed by atoms with Gasteiger partial charge in [0.15, 0.2) is 25.2 Å². The fourth-order valence-electron chi connectivity index (χ4n) is 15.1. The molecule has 4 aliphatic heterocycles. The molecule has 432 valence electrons. The van der Waals surface area contributed by atoms with Crippen LogP contribution in [0.2, 0.25) is 0 Å². The van der Waals surface area contributed by atoms with Gasteiger partial charge in [0, 0.05) is 71.0 Å². The zero-order valence-corrected chi connectivity index (χ0v) is 46.7. The molecule has 0 amide bonds. The summed E-state index contributed by atoms with van der Waals surface area (Å²) in [5, 5.41) is 47.3. The maximum Gasteiger partial charge on any atom is 0.331 e. The first-order chi connectivity index (χ1) is 36.6. The van der Waals surface area contributed by atoms with Gasteiger partial charge in [-0.25, -0.2) is 4.79 Å². The predicted molar refractivity (Wildman–Crippen MR) is 275 cm³/mol. The summed E-state index contributed by atoms with van der Waals surface area (Å²) >= 11 is 0. The molecule has 4 aliphatic carbocycles. The molecule has 0 aromatic heterocycles. The maximum absolute atomic E-state index is 13.6. The molecule has 4 heterocycles. The second-order valence-electron chi connectivity index (χ2n) is 23.6. The molecule has 0 bridgehead atoms. The van der Waals surface area contributed by atoms with Crippen molar-refractivity contribution in [3.63, 3.8) is 0 Å². The van der Waals surface area contributed by atoms with Gasteiger partial charge >= 0.3 is 5.97 Å². The molecule has 0 radical (unpaired) electrons. The van der Waals surface area contributed by atoms with Gasteiger partial charge in [-0.15, -0.1) is 0 Å². The summed E-state index contributed by atoms with van der Waals surface area (Å²) in [6.45, 7) is 12.9. The highest BCUT2D eigenvalue weighted by Crippen LogP contribution is 2.70. The second kappa shape index (κ2) is 23.6. The molecule has 7 fully saturated rings. The third-order valence-corrected chi connectivity index (χ3v) is 19.5. The van der Waals surface area contributed by atoms with Crippen LogP contribution in [0.4, 0.5) is 0 Å². The van der Waals surface area contributed by atoms with Gasteiger partial charge in [0.05, 0.1) is 48.8 Å². The zero-order valence-electron chi connectivity index (χ0n) is 46.7. The lowest BCUT2D eigenvalue weighted by Crippen LogP contribution is -2.75. The van der Waals surface area contributed by atoms with Crippen LogP contribution in [0.3, 0.4) is 0 Å². The van der Waals surface area contributed by atoms with E-state index in [1.54, 1.807) is 34.3 Å². The van der Waals surface area contributed by atoms with E-state index in [9.17, 15) is 30.0 Å². The summed E-state index contributed by atoms with van der Waals surface area (Å²) in [6.07, 6.45) is -3.10. The number of aliphatic hydroxyl groups excluding tert-OH is 2. The fraction of sp³-hybridized carbons (Fsp3) is 0.793. The minimum atomic E-state index is -1.69. The van der Waals surface area contributed by atoms with Crippen molar-refractivity contribution >= 4 is 17.8 Å². The van der Waals surface area contributed by atoms with Gasteiger partial charge in [-0.3, -0.25) is 4.79 Å². The summed E-state index contributed by atoms with van der Waals surface area (Å²) < 4.78 is 81.2. The van der Waals surface area contributed by atoms with E-state index in [0.29, 0.717) is 51.4 Å². The molecule has 0 spiro atoms. The third kappa shape index (κ3) is 10.9. The summed E-state index contributed by atoms with van der Waals surface area (Å²) in [5.41, 5.74) is -3.04. The van der Waals surface area contributed by atoms with Gasteiger partial charge < -0.3 is 82.0 Å². The minimum absolute atomic E-state index is 0.0917. The topological polar surface area (TPSA) is 235 Å². The predicted octanol–water partition coefficient (Wildman–Crippen LogP) is 5.09. The maximum atomic E-state index is 13.6. The summed E-state index contributed by atoms with van der Waals surface area (Å²) in [5.74, 6) is -1.71. The van der Waals surface area contributed by atoms with E-state index in [0.717, 1.165) is 11.1 Å². The quantitative estimate of drug-likeness (QED) is 0.0959. The molecule has 1 aromatic carbocycles. The number of ether oxygens (including phenoxy) is 13. The van der Waals surface area contributed by atoms with Gasteiger partial charge in [0.1, 0.15) is 59.7 Å². The minimum Gasteiger partial charge on any atom is -0.458 e. The first kappa shape index (κ1) is 58.8. The third-order valence-electron chi connectivity index (χ3n) is 19.5. The molecule has 0 unspecified atom stereocenters. The Balaban J connectivity index is 0.802. The first-order valence-electron chi connectivity index (χ1n) is 27.9.